The van der Waals surface area contributed by atoms with E-state index in [9.17, 15) is 9.59 Å². The summed E-state index contributed by atoms with van der Waals surface area (Å²) in [5.74, 6) is -0.448. The van der Waals surface area contributed by atoms with Crippen LogP contribution in [0.15, 0.2) is 0 Å². The Bertz CT molecular complexity index is 296. The van der Waals surface area contributed by atoms with Crippen LogP contribution in [-0.4, -0.2) is 64.6 Å². The minimum absolute atomic E-state index is 0.0192. The van der Waals surface area contributed by atoms with Gasteiger partial charge in [0.25, 0.3) is 0 Å². The Labute approximate surface area is 106 Å². The molecule has 1 aliphatic rings. The number of rotatable bonds is 5. The van der Waals surface area contributed by atoms with Crippen molar-refractivity contribution in [1.82, 2.24) is 9.80 Å². The fourth-order valence-corrected chi connectivity index (χ4v) is 3.22. The molecule has 1 amide bonds. The molecule has 0 aromatic carbocycles. The van der Waals surface area contributed by atoms with E-state index in [-0.39, 0.29) is 11.3 Å². The number of carbonyl (C=O) groups excluding carboxylic acids is 1. The zero-order valence-electron chi connectivity index (χ0n) is 10.5. The van der Waals surface area contributed by atoms with Gasteiger partial charge in [-0.2, -0.15) is 0 Å². The van der Waals surface area contributed by atoms with Gasteiger partial charge >= 0.3 is 5.97 Å². The Kier molecular flexibility index (Phi) is 5.27. The van der Waals surface area contributed by atoms with Gasteiger partial charge in [-0.1, -0.05) is 6.92 Å². The average molecular weight is 260 g/mol. The Morgan fingerprint density at radius 2 is 2.12 bits per heavy atom. The lowest BCUT2D eigenvalue weighted by Gasteiger charge is -2.27. The average Bonchev–Trinajstić information content (AvgIpc) is 2.69. The quantitative estimate of drug-likeness (QED) is 0.788. The molecule has 1 saturated heterocycles. The second kappa shape index (κ2) is 6.26. The van der Waals surface area contributed by atoms with Crippen molar-refractivity contribution in [2.45, 2.75) is 31.2 Å². The second-order valence-electron chi connectivity index (χ2n) is 4.40. The molecule has 1 N–H and O–H groups in total. The minimum Gasteiger partial charge on any atom is -0.480 e. The van der Waals surface area contributed by atoms with Gasteiger partial charge in [0, 0.05) is 18.7 Å². The van der Waals surface area contributed by atoms with Gasteiger partial charge in [0.2, 0.25) is 5.91 Å². The van der Waals surface area contributed by atoms with E-state index in [0.717, 1.165) is 6.42 Å². The number of carboxylic acids is 1. The summed E-state index contributed by atoms with van der Waals surface area (Å²) in [5, 5.41) is 9.12. The van der Waals surface area contributed by atoms with Gasteiger partial charge in [-0.15, -0.1) is 11.8 Å². The van der Waals surface area contributed by atoms with E-state index in [4.69, 9.17) is 5.11 Å². The number of hydrogen-bond acceptors (Lipinski definition) is 4. The highest BCUT2D eigenvalue weighted by Crippen LogP contribution is 2.31. The third-order valence-electron chi connectivity index (χ3n) is 2.79. The number of nitrogens with zero attached hydrogens (tertiary/aromatic N) is 2. The van der Waals surface area contributed by atoms with Crippen LogP contribution in [0.5, 0.6) is 0 Å². The predicted molar refractivity (Wildman–Crippen MR) is 68.0 cm³/mol. The van der Waals surface area contributed by atoms with Gasteiger partial charge in [0.05, 0.1) is 5.37 Å². The predicted octanol–water partition coefficient (Wildman–Crippen LogP) is 0.703. The smallest absolute Gasteiger partial charge is 0.327 e. The third-order valence-corrected chi connectivity index (χ3v) is 4.24. The number of carboxylic acid groups (broad SMARTS) is 1. The van der Waals surface area contributed by atoms with Crippen LogP contribution >= 0.6 is 11.8 Å². The normalized spacial score (nSPS) is 24.4. The number of carbonyl (C=O) groups is 2. The lowest BCUT2D eigenvalue weighted by Crippen LogP contribution is -2.46. The van der Waals surface area contributed by atoms with Crippen molar-refractivity contribution in [3.05, 3.63) is 0 Å². The second-order valence-corrected chi connectivity index (χ2v) is 5.62. The maximum Gasteiger partial charge on any atom is 0.327 e. The Morgan fingerprint density at radius 3 is 2.59 bits per heavy atom. The number of hydrogen-bond donors (Lipinski definition) is 1. The van der Waals surface area contributed by atoms with Crippen LogP contribution in [0.2, 0.25) is 0 Å². The Morgan fingerprint density at radius 1 is 1.47 bits per heavy atom. The molecular formula is C11H20N2O3S. The van der Waals surface area contributed by atoms with Crippen molar-refractivity contribution in [2.75, 3.05) is 26.4 Å². The molecule has 0 aromatic rings. The van der Waals surface area contributed by atoms with Crippen molar-refractivity contribution in [2.24, 2.45) is 0 Å². The molecule has 1 fully saturated rings. The fraction of sp³-hybridized carbons (Fsp3) is 0.818. The molecule has 1 heterocycles. The molecule has 5 nitrogen and oxygen atoms in total. The van der Waals surface area contributed by atoms with Gasteiger partial charge in [-0.3, -0.25) is 4.79 Å². The van der Waals surface area contributed by atoms with Crippen molar-refractivity contribution < 1.29 is 14.7 Å². The molecule has 0 saturated carbocycles. The number of thioether (sulfide) groups is 1. The molecule has 6 heteroatoms. The van der Waals surface area contributed by atoms with E-state index in [1.165, 1.54) is 0 Å². The summed E-state index contributed by atoms with van der Waals surface area (Å²) in [4.78, 5) is 26.6. The van der Waals surface area contributed by atoms with Crippen LogP contribution < -0.4 is 0 Å². The highest BCUT2D eigenvalue weighted by molar-refractivity contribution is 8.00. The first-order chi connectivity index (χ1) is 7.97. The van der Waals surface area contributed by atoms with Crippen molar-refractivity contribution in [3.8, 4) is 0 Å². The van der Waals surface area contributed by atoms with Gasteiger partial charge in [0.1, 0.15) is 6.04 Å². The first-order valence-electron chi connectivity index (χ1n) is 5.77. The standard InChI is InChI=1S/C11H20N2O3S/c1-4-10-13(8(7-17-10)11(15)16)9(14)5-6-12(2)3/h8,10H,4-7H2,1-3H3,(H,15,16). The van der Waals surface area contributed by atoms with E-state index in [1.807, 2.05) is 25.9 Å². The van der Waals surface area contributed by atoms with Gasteiger partial charge in [-0.25, -0.2) is 4.79 Å². The molecule has 0 aliphatic carbocycles. The van der Waals surface area contributed by atoms with Crippen molar-refractivity contribution >= 4 is 23.6 Å². The fourth-order valence-electron chi connectivity index (χ4n) is 1.85. The van der Waals surface area contributed by atoms with Crippen LogP contribution in [0.4, 0.5) is 0 Å². The van der Waals surface area contributed by atoms with Gasteiger partial charge in [-0.05, 0) is 20.5 Å². The maximum atomic E-state index is 12.1. The lowest BCUT2D eigenvalue weighted by atomic mass is 10.2. The summed E-state index contributed by atoms with van der Waals surface area (Å²) in [6.45, 7) is 2.64. The minimum atomic E-state index is -0.897. The zero-order valence-corrected chi connectivity index (χ0v) is 11.4. The summed E-state index contributed by atoms with van der Waals surface area (Å²) < 4.78 is 0. The van der Waals surface area contributed by atoms with E-state index in [0.29, 0.717) is 18.7 Å². The van der Waals surface area contributed by atoms with E-state index < -0.39 is 12.0 Å². The lowest BCUT2D eigenvalue weighted by molar-refractivity contribution is -0.149. The molecule has 2 atom stereocenters. The van der Waals surface area contributed by atoms with Crippen LogP contribution in [0.25, 0.3) is 0 Å². The molecule has 98 valence electrons. The third kappa shape index (κ3) is 3.61. The van der Waals surface area contributed by atoms with Crippen LogP contribution in [-0.2, 0) is 9.59 Å². The van der Waals surface area contributed by atoms with E-state index >= 15 is 0 Å². The summed E-state index contributed by atoms with van der Waals surface area (Å²) in [5.41, 5.74) is 0. The largest absolute Gasteiger partial charge is 0.480 e. The summed E-state index contributed by atoms with van der Waals surface area (Å²) >= 11 is 1.56. The summed E-state index contributed by atoms with van der Waals surface area (Å²) in [6, 6.07) is -0.653. The molecule has 2 unspecified atom stereocenters. The van der Waals surface area contributed by atoms with Crippen molar-refractivity contribution in [3.63, 3.8) is 0 Å². The molecule has 1 aliphatic heterocycles. The molecule has 0 spiro atoms. The maximum absolute atomic E-state index is 12.1. The Balaban J connectivity index is 2.67. The van der Waals surface area contributed by atoms with E-state index in [1.54, 1.807) is 16.7 Å². The molecule has 0 radical (unpaired) electrons. The zero-order chi connectivity index (χ0) is 13.0. The first kappa shape index (κ1) is 14.3. The van der Waals surface area contributed by atoms with Crippen molar-refractivity contribution in [1.29, 1.82) is 0 Å². The van der Waals surface area contributed by atoms with E-state index in [2.05, 4.69) is 0 Å². The van der Waals surface area contributed by atoms with Crippen LogP contribution in [0, 0.1) is 0 Å². The topological polar surface area (TPSA) is 60.9 Å². The van der Waals surface area contributed by atoms with Crippen LogP contribution in [0.3, 0.4) is 0 Å². The molecule has 0 aromatic heterocycles. The highest BCUT2D eigenvalue weighted by atomic mass is 32.2. The summed E-state index contributed by atoms with van der Waals surface area (Å²) in [7, 11) is 3.80. The molecule has 0 bridgehead atoms. The number of aliphatic carboxylic acids is 1. The van der Waals surface area contributed by atoms with Gasteiger partial charge < -0.3 is 14.9 Å². The molecule has 1 rings (SSSR count). The molecule has 17 heavy (non-hydrogen) atoms. The van der Waals surface area contributed by atoms with Gasteiger partial charge in [0.15, 0.2) is 0 Å². The Hall–Kier alpha value is -0.750. The van der Waals surface area contributed by atoms with Crippen LogP contribution in [0.1, 0.15) is 19.8 Å². The monoisotopic (exact) mass is 260 g/mol. The molecular weight excluding hydrogens is 240 g/mol. The first-order valence-corrected chi connectivity index (χ1v) is 6.82. The number of amides is 1. The SMILES string of the molecule is CCC1SCC(C(=O)O)N1C(=O)CCN(C)C. The highest BCUT2D eigenvalue weighted by Gasteiger charge is 2.40. The summed E-state index contributed by atoms with van der Waals surface area (Å²) in [6.07, 6.45) is 1.18.